The molecule has 7 heteroatoms. The van der Waals surface area contributed by atoms with Crippen molar-refractivity contribution in [1.82, 2.24) is 0 Å². The Morgan fingerprint density at radius 1 is 1.23 bits per heavy atom. The first-order chi connectivity index (χ1) is 12.4. The number of fused-ring (bicyclic) bond motifs is 1. The van der Waals surface area contributed by atoms with Crippen molar-refractivity contribution in [3.8, 4) is 0 Å². The Morgan fingerprint density at radius 2 is 1.96 bits per heavy atom. The zero-order valence-electron chi connectivity index (χ0n) is 14.3. The highest BCUT2D eigenvalue weighted by molar-refractivity contribution is 9.10. The van der Waals surface area contributed by atoms with E-state index in [1.807, 2.05) is 25.1 Å². The molecule has 2 aliphatic rings. The van der Waals surface area contributed by atoms with Crippen LogP contribution in [0.3, 0.4) is 0 Å². The molecule has 0 aromatic heterocycles. The summed E-state index contributed by atoms with van der Waals surface area (Å²) in [6.07, 6.45) is 2.61. The fourth-order valence-corrected chi connectivity index (χ4v) is 5.50. The summed E-state index contributed by atoms with van der Waals surface area (Å²) in [6.45, 7) is 2.47. The Bertz CT molecular complexity index is 1000. The zero-order valence-corrected chi connectivity index (χ0v) is 16.7. The van der Waals surface area contributed by atoms with E-state index in [0.717, 1.165) is 36.1 Å². The van der Waals surface area contributed by atoms with Gasteiger partial charge in [-0.15, -0.1) is 0 Å². The maximum absolute atomic E-state index is 13.0. The highest BCUT2D eigenvalue weighted by atomic mass is 79.9. The Labute approximate surface area is 161 Å². The molecule has 2 aromatic rings. The maximum Gasteiger partial charge on any atom is 0.263 e. The Kier molecular flexibility index (Phi) is 4.31. The van der Waals surface area contributed by atoms with Crippen LogP contribution < -0.4 is 9.62 Å². The van der Waals surface area contributed by atoms with Crippen LogP contribution in [0.2, 0.25) is 0 Å². The van der Waals surface area contributed by atoms with Crippen LogP contribution in [0.1, 0.15) is 24.0 Å². The number of anilines is 2. The first-order valence-electron chi connectivity index (χ1n) is 8.59. The Balaban J connectivity index is 1.71. The number of hydrogen-bond donors (Lipinski definition) is 1. The van der Waals surface area contributed by atoms with Gasteiger partial charge in [-0.3, -0.25) is 9.52 Å². The Morgan fingerprint density at radius 3 is 2.65 bits per heavy atom. The van der Waals surface area contributed by atoms with E-state index in [1.54, 1.807) is 23.1 Å². The standard InChI is InChI=1S/C19H19BrN2O3S/c1-12-4-2-3-5-16(12)21-26(24,25)18-11-17-14(10-15(18)20)8-9-22(17)19(23)13-6-7-13/h2-5,10-11,13,21H,6-9H2,1H3. The quantitative estimate of drug-likeness (QED) is 0.794. The monoisotopic (exact) mass is 434 g/mol. The van der Waals surface area contributed by atoms with Crippen LogP contribution in [0.5, 0.6) is 0 Å². The van der Waals surface area contributed by atoms with E-state index in [4.69, 9.17) is 0 Å². The molecule has 2 aromatic carbocycles. The van der Waals surface area contributed by atoms with Crippen LogP contribution in [0, 0.1) is 12.8 Å². The largest absolute Gasteiger partial charge is 0.312 e. The molecule has 0 atom stereocenters. The number of aryl methyl sites for hydroxylation is 1. The summed E-state index contributed by atoms with van der Waals surface area (Å²) >= 11 is 3.39. The molecule has 136 valence electrons. The second-order valence-electron chi connectivity index (χ2n) is 6.85. The van der Waals surface area contributed by atoms with E-state index in [0.29, 0.717) is 16.7 Å². The van der Waals surface area contributed by atoms with Gasteiger partial charge in [-0.2, -0.15) is 0 Å². The predicted molar refractivity (Wildman–Crippen MR) is 105 cm³/mol. The molecular weight excluding hydrogens is 416 g/mol. The van der Waals surface area contributed by atoms with Gasteiger partial charge in [-0.05, 0) is 71.4 Å². The molecule has 0 unspecified atom stereocenters. The van der Waals surface area contributed by atoms with E-state index in [-0.39, 0.29) is 16.7 Å². The van der Waals surface area contributed by atoms with Crippen LogP contribution in [0.4, 0.5) is 11.4 Å². The number of nitrogens with one attached hydrogen (secondary N) is 1. The summed E-state index contributed by atoms with van der Waals surface area (Å²) < 4.78 is 29.1. The number of amides is 1. The summed E-state index contributed by atoms with van der Waals surface area (Å²) in [7, 11) is -3.78. The smallest absolute Gasteiger partial charge is 0.263 e. The van der Waals surface area contributed by atoms with E-state index >= 15 is 0 Å². The van der Waals surface area contributed by atoms with Gasteiger partial charge in [-0.25, -0.2) is 8.42 Å². The highest BCUT2D eigenvalue weighted by Gasteiger charge is 2.37. The molecule has 1 aliphatic heterocycles. The van der Waals surface area contributed by atoms with Gasteiger partial charge in [0.15, 0.2) is 0 Å². The zero-order chi connectivity index (χ0) is 18.5. The molecule has 4 rings (SSSR count). The van der Waals surface area contributed by atoms with Gasteiger partial charge < -0.3 is 4.90 Å². The molecular formula is C19H19BrN2O3S. The number of hydrogen-bond acceptors (Lipinski definition) is 3. The fourth-order valence-electron chi connectivity index (χ4n) is 3.26. The van der Waals surface area contributed by atoms with E-state index in [2.05, 4.69) is 20.7 Å². The third-order valence-electron chi connectivity index (χ3n) is 4.90. The lowest BCUT2D eigenvalue weighted by atomic mass is 10.2. The van der Waals surface area contributed by atoms with Crippen molar-refractivity contribution >= 4 is 43.2 Å². The van der Waals surface area contributed by atoms with E-state index in [9.17, 15) is 13.2 Å². The van der Waals surface area contributed by atoms with E-state index < -0.39 is 10.0 Å². The van der Waals surface area contributed by atoms with Gasteiger partial charge in [0.25, 0.3) is 10.0 Å². The second-order valence-corrected chi connectivity index (χ2v) is 9.35. The first-order valence-corrected chi connectivity index (χ1v) is 10.9. The van der Waals surface area contributed by atoms with Crippen LogP contribution in [0.25, 0.3) is 0 Å². The summed E-state index contributed by atoms with van der Waals surface area (Å²) in [6, 6.07) is 10.7. The lowest BCUT2D eigenvalue weighted by Gasteiger charge is -2.19. The lowest BCUT2D eigenvalue weighted by molar-refractivity contribution is -0.119. The molecule has 1 amide bonds. The normalized spacial score (nSPS) is 16.5. The average molecular weight is 435 g/mol. The molecule has 0 spiro atoms. The number of rotatable bonds is 4. The summed E-state index contributed by atoms with van der Waals surface area (Å²) in [5.41, 5.74) is 3.11. The molecule has 1 aliphatic carbocycles. The minimum Gasteiger partial charge on any atom is -0.312 e. The molecule has 0 bridgehead atoms. The van der Waals surface area contributed by atoms with Gasteiger partial charge in [0.05, 0.1) is 5.69 Å². The third kappa shape index (κ3) is 3.14. The minimum absolute atomic E-state index is 0.106. The van der Waals surface area contributed by atoms with Gasteiger partial charge >= 0.3 is 0 Å². The number of para-hydroxylation sites is 1. The molecule has 1 heterocycles. The van der Waals surface area contributed by atoms with Gasteiger partial charge in [0.2, 0.25) is 5.91 Å². The number of sulfonamides is 1. The topological polar surface area (TPSA) is 66.5 Å². The molecule has 26 heavy (non-hydrogen) atoms. The SMILES string of the molecule is Cc1ccccc1NS(=O)(=O)c1cc2c(cc1Br)CCN2C(=O)C1CC1. The predicted octanol–water partition coefficient (Wildman–Crippen LogP) is 3.86. The summed E-state index contributed by atoms with van der Waals surface area (Å²) in [5, 5.41) is 0. The molecule has 1 saturated carbocycles. The second kappa shape index (κ2) is 6.39. The average Bonchev–Trinajstić information content (AvgIpc) is 3.36. The number of carbonyl (C=O) groups excluding carboxylic acids is 1. The maximum atomic E-state index is 13.0. The Hall–Kier alpha value is -1.86. The fraction of sp³-hybridized carbons (Fsp3) is 0.316. The van der Waals surface area contributed by atoms with Crippen LogP contribution in [0.15, 0.2) is 45.8 Å². The van der Waals surface area contributed by atoms with Crippen molar-refractivity contribution in [1.29, 1.82) is 0 Å². The molecule has 0 radical (unpaired) electrons. The van der Waals surface area contributed by atoms with Crippen molar-refractivity contribution in [3.05, 3.63) is 52.0 Å². The molecule has 1 N–H and O–H groups in total. The number of halogens is 1. The van der Waals surface area contributed by atoms with Crippen molar-refractivity contribution in [2.45, 2.75) is 31.1 Å². The molecule has 1 fully saturated rings. The van der Waals surface area contributed by atoms with Gasteiger partial charge in [-0.1, -0.05) is 18.2 Å². The van der Waals surface area contributed by atoms with Crippen LogP contribution in [-0.2, 0) is 21.2 Å². The van der Waals surface area contributed by atoms with Gasteiger partial charge in [0, 0.05) is 22.6 Å². The minimum atomic E-state index is -3.78. The van der Waals surface area contributed by atoms with Crippen LogP contribution in [-0.4, -0.2) is 20.9 Å². The van der Waals surface area contributed by atoms with Crippen molar-refractivity contribution in [3.63, 3.8) is 0 Å². The number of carbonyl (C=O) groups is 1. The van der Waals surface area contributed by atoms with Crippen LogP contribution >= 0.6 is 15.9 Å². The van der Waals surface area contributed by atoms with E-state index in [1.165, 1.54) is 0 Å². The molecule has 0 saturated heterocycles. The van der Waals surface area contributed by atoms with Crippen molar-refractivity contribution in [2.75, 3.05) is 16.2 Å². The third-order valence-corrected chi connectivity index (χ3v) is 7.22. The summed E-state index contributed by atoms with van der Waals surface area (Å²) in [4.78, 5) is 14.4. The van der Waals surface area contributed by atoms with Crippen molar-refractivity contribution in [2.24, 2.45) is 5.92 Å². The number of benzene rings is 2. The van der Waals surface area contributed by atoms with Crippen molar-refractivity contribution < 1.29 is 13.2 Å². The first kappa shape index (κ1) is 17.5. The molecule has 5 nitrogen and oxygen atoms in total. The summed E-state index contributed by atoms with van der Waals surface area (Å²) in [5.74, 6) is 0.219. The lowest BCUT2D eigenvalue weighted by Crippen LogP contribution is -2.30. The van der Waals surface area contributed by atoms with Gasteiger partial charge in [0.1, 0.15) is 4.90 Å². The highest BCUT2D eigenvalue weighted by Crippen LogP contribution is 2.39. The number of nitrogens with zero attached hydrogens (tertiary/aromatic N) is 1.